The van der Waals surface area contributed by atoms with Crippen molar-refractivity contribution in [3.05, 3.63) is 119 Å². The summed E-state index contributed by atoms with van der Waals surface area (Å²) in [6.45, 7) is 8.34. The van der Waals surface area contributed by atoms with Gasteiger partial charge in [-0.05, 0) is 68.5 Å². The summed E-state index contributed by atoms with van der Waals surface area (Å²) >= 11 is 0. The average molecular weight is 513 g/mol. The van der Waals surface area contributed by atoms with E-state index in [4.69, 9.17) is 9.51 Å². The summed E-state index contributed by atoms with van der Waals surface area (Å²) in [4.78, 5) is 9.86. The van der Waals surface area contributed by atoms with Gasteiger partial charge < -0.3 is 4.52 Å². The van der Waals surface area contributed by atoms with Gasteiger partial charge in [0.1, 0.15) is 5.82 Å². The zero-order chi connectivity index (χ0) is 26.3. The summed E-state index contributed by atoms with van der Waals surface area (Å²) in [6.07, 6.45) is 2.95. The van der Waals surface area contributed by atoms with Crippen LogP contribution in [0, 0.1) is 5.82 Å². The Balaban J connectivity index is 1.22. The Bertz CT molecular complexity index is 1280. The topological polar surface area (TPSA) is 45.4 Å². The molecule has 38 heavy (non-hydrogen) atoms. The minimum absolute atomic E-state index is 0.202. The number of hydrogen-bond acceptors (Lipinski definition) is 5. The molecule has 0 bridgehead atoms. The molecular weight excluding hydrogens is 475 g/mol. The molecule has 1 aliphatic heterocycles. The van der Waals surface area contributed by atoms with Gasteiger partial charge in [-0.25, -0.2) is 4.39 Å². The SMILES string of the molecule is CC1CN(Cc2noc(C(Cc3ccccc3)c3cccc(F)c3)n2)C(C)CN1CCCc1ccccc1. The molecule has 0 amide bonds. The molecule has 2 heterocycles. The smallest absolute Gasteiger partial charge is 0.234 e. The predicted molar refractivity (Wildman–Crippen MR) is 148 cm³/mol. The van der Waals surface area contributed by atoms with Crippen LogP contribution in [0.3, 0.4) is 0 Å². The summed E-state index contributed by atoms with van der Waals surface area (Å²) < 4.78 is 19.9. The van der Waals surface area contributed by atoms with Gasteiger partial charge in [0, 0.05) is 25.2 Å². The zero-order valence-corrected chi connectivity index (χ0v) is 22.3. The Kier molecular flexibility index (Phi) is 8.61. The van der Waals surface area contributed by atoms with Crippen molar-refractivity contribution in [2.75, 3.05) is 19.6 Å². The summed E-state index contributed by atoms with van der Waals surface area (Å²) in [5.74, 6) is 0.762. The normalized spacial score (nSPS) is 19.4. The molecule has 0 radical (unpaired) electrons. The molecule has 3 unspecified atom stereocenters. The Labute approximate surface area is 225 Å². The van der Waals surface area contributed by atoms with Crippen molar-refractivity contribution in [3.8, 4) is 0 Å². The highest BCUT2D eigenvalue weighted by molar-refractivity contribution is 5.29. The lowest BCUT2D eigenvalue weighted by Gasteiger charge is -2.43. The van der Waals surface area contributed by atoms with Gasteiger partial charge in [0.25, 0.3) is 0 Å². The minimum atomic E-state index is -0.259. The number of aromatic nitrogens is 2. The molecule has 0 spiro atoms. The predicted octanol–water partition coefficient (Wildman–Crippen LogP) is 6.11. The highest BCUT2D eigenvalue weighted by Crippen LogP contribution is 2.28. The molecule has 5 rings (SSSR count). The number of piperazine rings is 1. The van der Waals surface area contributed by atoms with E-state index in [1.165, 1.54) is 11.6 Å². The van der Waals surface area contributed by atoms with Crippen molar-refractivity contribution >= 4 is 0 Å². The average Bonchev–Trinajstić information content (AvgIpc) is 3.39. The maximum atomic E-state index is 14.1. The maximum absolute atomic E-state index is 14.1. The fraction of sp³-hybridized carbons (Fsp3) is 0.375. The van der Waals surface area contributed by atoms with Crippen molar-refractivity contribution in [2.45, 2.75) is 57.7 Å². The van der Waals surface area contributed by atoms with Gasteiger partial charge in [-0.1, -0.05) is 78.0 Å². The molecule has 1 aliphatic rings. The molecule has 1 aromatic heterocycles. The van der Waals surface area contributed by atoms with Crippen LogP contribution < -0.4 is 0 Å². The lowest BCUT2D eigenvalue weighted by atomic mass is 9.92. The molecule has 0 saturated carbocycles. The first-order valence-corrected chi connectivity index (χ1v) is 13.7. The van der Waals surface area contributed by atoms with E-state index in [0.717, 1.165) is 43.6 Å². The van der Waals surface area contributed by atoms with Crippen LogP contribution in [0.15, 0.2) is 89.5 Å². The summed E-state index contributed by atoms with van der Waals surface area (Å²) in [6, 6.07) is 28.5. The monoisotopic (exact) mass is 512 g/mol. The number of benzene rings is 3. The Morgan fingerprint density at radius 3 is 2.29 bits per heavy atom. The van der Waals surface area contributed by atoms with E-state index in [-0.39, 0.29) is 11.7 Å². The highest BCUT2D eigenvalue weighted by atomic mass is 19.1. The molecule has 0 aliphatic carbocycles. The van der Waals surface area contributed by atoms with Gasteiger partial charge in [-0.15, -0.1) is 0 Å². The first-order valence-electron chi connectivity index (χ1n) is 13.7. The maximum Gasteiger partial charge on any atom is 0.234 e. The standard InChI is InChI=1S/C32H37FN4O/c1-24-22-37(25(2)21-36(24)18-10-15-26-11-5-3-6-12-26)23-31-34-32(38-35-31)30(19-27-13-7-4-8-14-27)28-16-9-17-29(33)20-28/h3-9,11-14,16-17,20,24-25,30H,10,15,18-19,21-23H2,1-2H3. The van der Waals surface area contributed by atoms with E-state index in [2.05, 4.69) is 71.3 Å². The molecule has 0 N–H and O–H groups in total. The van der Waals surface area contributed by atoms with Crippen molar-refractivity contribution < 1.29 is 8.91 Å². The first-order chi connectivity index (χ1) is 18.5. The fourth-order valence-electron chi connectivity index (χ4n) is 5.51. The van der Waals surface area contributed by atoms with Gasteiger partial charge >= 0.3 is 0 Å². The molecule has 6 heteroatoms. The van der Waals surface area contributed by atoms with Gasteiger partial charge in [-0.3, -0.25) is 9.80 Å². The zero-order valence-electron chi connectivity index (χ0n) is 22.3. The summed E-state index contributed by atoms with van der Waals surface area (Å²) in [5.41, 5.74) is 3.39. The minimum Gasteiger partial charge on any atom is -0.339 e. The number of halogens is 1. The van der Waals surface area contributed by atoms with E-state index in [1.807, 2.05) is 24.3 Å². The second-order valence-corrected chi connectivity index (χ2v) is 10.6. The van der Waals surface area contributed by atoms with Gasteiger partial charge in [0.2, 0.25) is 5.89 Å². The second-order valence-electron chi connectivity index (χ2n) is 10.6. The summed E-state index contributed by atoms with van der Waals surface area (Å²) in [5, 5.41) is 4.35. The number of nitrogens with zero attached hydrogens (tertiary/aromatic N) is 4. The third-order valence-corrected chi connectivity index (χ3v) is 7.66. The van der Waals surface area contributed by atoms with Crippen LogP contribution in [0.2, 0.25) is 0 Å². The lowest BCUT2D eigenvalue weighted by molar-refractivity contribution is 0.0352. The highest BCUT2D eigenvalue weighted by Gasteiger charge is 2.30. The van der Waals surface area contributed by atoms with E-state index in [1.54, 1.807) is 12.1 Å². The van der Waals surface area contributed by atoms with Crippen molar-refractivity contribution in [3.63, 3.8) is 0 Å². The van der Waals surface area contributed by atoms with Crippen LogP contribution in [0.4, 0.5) is 4.39 Å². The van der Waals surface area contributed by atoms with Crippen LogP contribution in [0.1, 0.15) is 54.6 Å². The third-order valence-electron chi connectivity index (χ3n) is 7.66. The Morgan fingerprint density at radius 1 is 0.868 bits per heavy atom. The first kappa shape index (κ1) is 26.3. The van der Waals surface area contributed by atoms with Gasteiger partial charge in [0.15, 0.2) is 5.82 Å². The molecule has 3 aromatic carbocycles. The van der Waals surface area contributed by atoms with Crippen molar-refractivity contribution in [2.24, 2.45) is 0 Å². The molecular formula is C32H37FN4O. The lowest BCUT2D eigenvalue weighted by Crippen LogP contribution is -2.56. The molecule has 1 fully saturated rings. The molecule has 5 nitrogen and oxygen atoms in total. The number of rotatable bonds is 10. The van der Waals surface area contributed by atoms with Crippen LogP contribution in [-0.2, 0) is 19.4 Å². The Hall–Kier alpha value is -3.35. The molecule has 3 atom stereocenters. The van der Waals surface area contributed by atoms with Crippen LogP contribution >= 0.6 is 0 Å². The second kappa shape index (κ2) is 12.5. The van der Waals surface area contributed by atoms with Crippen LogP contribution in [0.5, 0.6) is 0 Å². The fourth-order valence-corrected chi connectivity index (χ4v) is 5.51. The largest absolute Gasteiger partial charge is 0.339 e. The quantitative estimate of drug-likeness (QED) is 0.257. The van der Waals surface area contributed by atoms with E-state index in [0.29, 0.717) is 36.8 Å². The van der Waals surface area contributed by atoms with Gasteiger partial charge in [0.05, 0.1) is 12.5 Å². The van der Waals surface area contributed by atoms with Crippen molar-refractivity contribution in [1.29, 1.82) is 0 Å². The van der Waals surface area contributed by atoms with E-state index < -0.39 is 0 Å². The third kappa shape index (κ3) is 6.74. The van der Waals surface area contributed by atoms with Gasteiger partial charge in [-0.2, -0.15) is 4.98 Å². The van der Waals surface area contributed by atoms with E-state index >= 15 is 0 Å². The van der Waals surface area contributed by atoms with Crippen molar-refractivity contribution in [1.82, 2.24) is 19.9 Å². The van der Waals surface area contributed by atoms with Crippen LogP contribution in [-0.4, -0.2) is 51.7 Å². The van der Waals surface area contributed by atoms with E-state index in [9.17, 15) is 4.39 Å². The number of hydrogen-bond donors (Lipinski definition) is 0. The number of aryl methyl sites for hydroxylation is 1. The Morgan fingerprint density at radius 2 is 1.55 bits per heavy atom. The summed E-state index contributed by atoms with van der Waals surface area (Å²) in [7, 11) is 0. The molecule has 4 aromatic rings. The van der Waals surface area contributed by atoms with Crippen LogP contribution in [0.25, 0.3) is 0 Å². The molecule has 1 saturated heterocycles. The molecule has 198 valence electrons.